The third-order valence-electron chi connectivity index (χ3n) is 3.57. The summed E-state index contributed by atoms with van der Waals surface area (Å²) in [6, 6.07) is 13.1. The van der Waals surface area contributed by atoms with E-state index >= 15 is 0 Å². The van der Waals surface area contributed by atoms with Gasteiger partial charge in [0.25, 0.3) is 0 Å². The first-order valence-corrected chi connectivity index (χ1v) is 7.89. The second-order valence-electron chi connectivity index (χ2n) is 5.37. The first-order valence-electron chi connectivity index (χ1n) is 7.13. The lowest BCUT2D eigenvalue weighted by Gasteiger charge is -2.12. The van der Waals surface area contributed by atoms with Gasteiger partial charge in [0.2, 0.25) is 0 Å². The van der Waals surface area contributed by atoms with Crippen LogP contribution >= 0.6 is 23.2 Å². The second-order valence-corrected chi connectivity index (χ2v) is 6.22. The van der Waals surface area contributed by atoms with Gasteiger partial charge in [0.1, 0.15) is 11.8 Å². The Morgan fingerprint density at radius 1 is 1.13 bits per heavy atom. The number of benzene rings is 2. The van der Waals surface area contributed by atoms with Crippen LogP contribution in [0.3, 0.4) is 0 Å². The van der Waals surface area contributed by atoms with Crippen LogP contribution in [0.4, 0.5) is 0 Å². The van der Waals surface area contributed by atoms with E-state index in [1.54, 1.807) is 29.1 Å². The van der Waals surface area contributed by atoms with Crippen LogP contribution in [0.5, 0.6) is 0 Å². The number of aliphatic hydroxyl groups is 1. The van der Waals surface area contributed by atoms with Crippen LogP contribution in [0.2, 0.25) is 10.0 Å². The Labute approximate surface area is 144 Å². The van der Waals surface area contributed by atoms with Crippen LogP contribution in [0.1, 0.15) is 17.2 Å². The molecule has 23 heavy (non-hydrogen) atoms. The van der Waals surface area contributed by atoms with Crippen molar-refractivity contribution in [2.45, 2.75) is 19.6 Å². The summed E-state index contributed by atoms with van der Waals surface area (Å²) in [5.74, 6) is 0. The van der Waals surface area contributed by atoms with Crippen LogP contribution in [-0.2, 0) is 6.54 Å². The lowest BCUT2D eigenvalue weighted by atomic mass is 10.1. The van der Waals surface area contributed by atoms with Gasteiger partial charge in [-0.2, -0.15) is 0 Å². The summed E-state index contributed by atoms with van der Waals surface area (Å²) in [5.41, 5.74) is 3.55. The summed E-state index contributed by atoms with van der Waals surface area (Å²) >= 11 is 12.0. The largest absolute Gasteiger partial charge is 0.386 e. The highest BCUT2D eigenvalue weighted by molar-refractivity contribution is 6.35. The Kier molecular flexibility index (Phi) is 4.66. The molecule has 1 atom stereocenters. The molecule has 0 bridgehead atoms. The minimum absolute atomic E-state index is 0.264. The molecular weight excluding hydrogens is 333 g/mol. The highest BCUT2D eigenvalue weighted by Crippen LogP contribution is 2.27. The number of rotatable bonds is 4. The van der Waals surface area contributed by atoms with Crippen LogP contribution in [0.25, 0.3) is 11.3 Å². The molecule has 1 aromatic heterocycles. The number of halogens is 2. The maximum Gasteiger partial charge on any atom is 0.113 e. The molecule has 118 valence electrons. The number of hydrogen-bond acceptors (Lipinski definition) is 3. The first-order chi connectivity index (χ1) is 11.0. The zero-order valence-electron chi connectivity index (χ0n) is 12.4. The van der Waals surface area contributed by atoms with Crippen LogP contribution in [0, 0.1) is 6.92 Å². The molecule has 0 radical (unpaired) electrons. The Balaban J connectivity index is 1.77. The SMILES string of the molecule is Cc1ccc(-c2cn(CC(O)c3ccc(Cl)cc3Cl)nn2)cc1. The molecule has 3 aromatic rings. The summed E-state index contributed by atoms with van der Waals surface area (Å²) in [6.45, 7) is 2.30. The van der Waals surface area contributed by atoms with Crippen molar-refractivity contribution < 1.29 is 5.11 Å². The molecule has 0 saturated heterocycles. The molecule has 0 spiro atoms. The van der Waals surface area contributed by atoms with Gasteiger partial charge >= 0.3 is 0 Å². The predicted octanol–water partition coefficient (Wildman–Crippen LogP) is 4.29. The number of nitrogens with zero attached hydrogens (tertiary/aromatic N) is 3. The molecule has 6 heteroatoms. The number of aliphatic hydroxyl groups excluding tert-OH is 1. The Bertz CT molecular complexity index is 815. The summed E-state index contributed by atoms with van der Waals surface area (Å²) in [6.07, 6.45) is 1.02. The van der Waals surface area contributed by atoms with Crippen LogP contribution in [-0.4, -0.2) is 20.1 Å². The molecule has 2 aromatic carbocycles. The first kappa shape index (κ1) is 16.0. The van der Waals surface area contributed by atoms with Crippen molar-refractivity contribution >= 4 is 23.2 Å². The van der Waals surface area contributed by atoms with Gasteiger partial charge in [-0.25, -0.2) is 4.68 Å². The van der Waals surface area contributed by atoms with Gasteiger partial charge in [0.05, 0.1) is 12.7 Å². The van der Waals surface area contributed by atoms with Gasteiger partial charge in [-0.1, -0.05) is 64.3 Å². The molecule has 0 amide bonds. The van der Waals surface area contributed by atoms with Crippen molar-refractivity contribution in [1.29, 1.82) is 0 Å². The van der Waals surface area contributed by atoms with Crippen molar-refractivity contribution in [3.05, 3.63) is 69.8 Å². The molecule has 1 heterocycles. The van der Waals surface area contributed by atoms with Crippen molar-refractivity contribution in [3.63, 3.8) is 0 Å². The van der Waals surface area contributed by atoms with Gasteiger partial charge < -0.3 is 5.11 Å². The monoisotopic (exact) mass is 347 g/mol. The molecule has 0 aliphatic rings. The van der Waals surface area contributed by atoms with Gasteiger partial charge in [-0.15, -0.1) is 5.10 Å². The van der Waals surface area contributed by atoms with E-state index in [0.717, 1.165) is 11.3 Å². The molecule has 0 fully saturated rings. The smallest absolute Gasteiger partial charge is 0.113 e. The average Bonchev–Trinajstić information content (AvgIpc) is 2.96. The van der Waals surface area contributed by atoms with Gasteiger partial charge in [-0.3, -0.25) is 0 Å². The molecule has 4 nitrogen and oxygen atoms in total. The fraction of sp³-hybridized carbons (Fsp3) is 0.176. The Morgan fingerprint density at radius 2 is 1.87 bits per heavy atom. The predicted molar refractivity (Wildman–Crippen MR) is 91.6 cm³/mol. The lowest BCUT2D eigenvalue weighted by molar-refractivity contribution is 0.151. The maximum absolute atomic E-state index is 10.3. The normalized spacial score (nSPS) is 12.3. The average molecular weight is 348 g/mol. The fourth-order valence-electron chi connectivity index (χ4n) is 2.29. The zero-order chi connectivity index (χ0) is 16.4. The quantitative estimate of drug-likeness (QED) is 0.765. The third-order valence-corrected chi connectivity index (χ3v) is 4.13. The van der Waals surface area contributed by atoms with E-state index < -0.39 is 6.10 Å². The van der Waals surface area contributed by atoms with Gasteiger partial charge in [0.15, 0.2) is 0 Å². The van der Waals surface area contributed by atoms with E-state index in [1.165, 1.54) is 5.56 Å². The molecule has 1 unspecified atom stereocenters. The van der Waals surface area contributed by atoms with Crippen molar-refractivity contribution in [2.75, 3.05) is 0 Å². The summed E-state index contributed by atoms with van der Waals surface area (Å²) in [5, 5.41) is 19.5. The molecule has 3 rings (SSSR count). The molecular formula is C17H15Cl2N3O. The van der Waals surface area contributed by atoms with Crippen molar-refractivity contribution in [2.24, 2.45) is 0 Å². The minimum Gasteiger partial charge on any atom is -0.386 e. The molecule has 0 aliphatic heterocycles. The van der Waals surface area contributed by atoms with Crippen molar-refractivity contribution in [3.8, 4) is 11.3 Å². The Morgan fingerprint density at radius 3 is 2.57 bits per heavy atom. The van der Waals surface area contributed by atoms with Gasteiger partial charge in [0, 0.05) is 21.2 Å². The summed E-state index contributed by atoms with van der Waals surface area (Å²) in [4.78, 5) is 0. The fourth-order valence-corrected chi connectivity index (χ4v) is 2.83. The van der Waals surface area contributed by atoms with E-state index in [9.17, 15) is 5.11 Å². The van der Waals surface area contributed by atoms with E-state index in [-0.39, 0.29) is 6.54 Å². The summed E-state index contributed by atoms with van der Waals surface area (Å²) < 4.78 is 1.60. The minimum atomic E-state index is -0.785. The topological polar surface area (TPSA) is 50.9 Å². The lowest BCUT2D eigenvalue weighted by Crippen LogP contribution is -2.09. The van der Waals surface area contributed by atoms with E-state index in [0.29, 0.717) is 15.6 Å². The Hall–Kier alpha value is -1.88. The third kappa shape index (κ3) is 3.72. The van der Waals surface area contributed by atoms with Crippen molar-refractivity contribution in [1.82, 2.24) is 15.0 Å². The highest BCUT2D eigenvalue weighted by Gasteiger charge is 2.14. The van der Waals surface area contributed by atoms with Crippen LogP contribution < -0.4 is 0 Å². The number of hydrogen-bond donors (Lipinski definition) is 1. The van der Waals surface area contributed by atoms with E-state index in [1.807, 2.05) is 31.2 Å². The maximum atomic E-state index is 10.3. The highest BCUT2D eigenvalue weighted by atomic mass is 35.5. The number of aromatic nitrogens is 3. The molecule has 1 N–H and O–H groups in total. The van der Waals surface area contributed by atoms with E-state index in [4.69, 9.17) is 23.2 Å². The molecule has 0 aliphatic carbocycles. The number of aryl methyl sites for hydroxylation is 1. The van der Waals surface area contributed by atoms with E-state index in [2.05, 4.69) is 10.3 Å². The van der Waals surface area contributed by atoms with Gasteiger partial charge in [-0.05, 0) is 19.1 Å². The second kappa shape index (κ2) is 6.71. The molecule has 0 saturated carbocycles. The standard InChI is InChI=1S/C17H15Cl2N3O/c1-11-2-4-12(5-3-11)16-9-22(21-20-16)10-17(23)14-7-6-13(18)8-15(14)19/h2-9,17,23H,10H2,1H3. The zero-order valence-corrected chi connectivity index (χ0v) is 14.0. The van der Waals surface area contributed by atoms with Crippen LogP contribution in [0.15, 0.2) is 48.7 Å². The summed E-state index contributed by atoms with van der Waals surface area (Å²) in [7, 11) is 0.